The average Bonchev–Trinajstić information content (AvgIpc) is 3.23. The largest absolute Gasteiger partial charge is 0.478 e. The average molecular weight is 383 g/mol. The zero-order valence-electron chi connectivity index (χ0n) is 14.6. The fourth-order valence-electron chi connectivity index (χ4n) is 3.40. The lowest BCUT2D eigenvalue weighted by Gasteiger charge is -2.09. The molecule has 0 aliphatic rings. The first-order valence-corrected chi connectivity index (χ1v) is 9.51. The number of rotatable bonds is 3. The molecule has 2 heterocycles. The van der Waals surface area contributed by atoms with Crippen molar-refractivity contribution in [3.63, 3.8) is 0 Å². The zero-order chi connectivity index (χ0) is 19.1. The van der Waals surface area contributed by atoms with Gasteiger partial charge in [0.2, 0.25) is 0 Å². The van der Waals surface area contributed by atoms with E-state index in [2.05, 4.69) is 4.98 Å². The highest BCUT2D eigenvalue weighted by atomic mass is 32.1. The molecule has 0 atom stereocenters. The number of nitrogens with zero attached hydrogens (tertiary/aromatic N) is 3. The second kappa shape index (κ2) is 6.48. The van der Waals surface area contributed by atoms with E-state index in [4.69, 9.17) is 10.00 Å². The molecule has 0 aliphatic carbocycles. The third-order valence-corrected chi connectivity index (χ3v) is 5.61. The molecule has 0 radical (unpaired) electrons. The number of imidazole rings is 1. The van der Waals surface area contributed by atoms with E-state index in [-0.39, 0.29) is 12.2 Å². The van der Waals surface area contributed by atoms with Crippen LogP contribution in [0.2, 0.25) is 0 Å². The first-order valence-electron chi connectivity index (χ1n) is 8.69. The van der Waals surface area contributed by atoms with Gasteiger partial charge in [0.05, 0.1) is 15.6 Å². The number of thiazole rings is 1. The maximum Gasteiger partial charge on any atom is 0.274 e. The van der Waals surface area contributed by atoms with Gasteiger partial charge in [0, 0.05) is 5.56 Å². The van der Waals surface area contributed by atoms with Crippen molar-refractivity contribution in [3.05, 3.63) is 81.1 Å². The van der Waals surface area contributed by atoms with E-state index < -0.39 is 0 Å². The summed E-state index contributed by atoms with van der Waals surface area (Å²) in [6, 6.07) is 21.3. The molecular formula is C22H13N3O2S. The van der Waals surface area contributed by atoms with Crippen LogP contribution in [0.15, 0.2) is 65.5 Å². The lowest BCUT2D eigenvalue weighted by atomic mass is 10.0. The molecule has 6 heteroatoms. The summed E-state index contributed by atoms with van der Waals surface area (Å²) in [6.07, 6.45) is 1.84. The van der Waals surface area contributed by atoms with Crippen LogP contribution in [0, 0.1) is 11.3 Å². The minimum absolute atomic E-state index is 0.0538. The van der Waals surface area contributed by atoms with E-state index in [1.165, 1.54) is 11.3 Å². The summed E-state index contributed by atoms with van der Waals surface area (Å²) in [5.41, 5.74) is 2.30. The van der Waals surface area contributed by atoms with Crippen molar-refractivity contribution in [2.75, 3.05) is 6.61 Å². The van der Waals surface area contributed by atoms with Crippen molar-refractivity contribution >= 4 is 44.2 Å². The molecule has 5 rings (SSSR count). The Bertz CT molecular complexity index is 1510. The minimum atomic E-state index is -0.104. The van der Waals surface area contributed by atoms with Crippen LogP contribution in [0.4, 0.5) is 0 Å². The lowest BCUT2D eigenvalue weighted by Crippen LogP contribution is -2.22. The second-order valence-corrected chi connectivity index (χ2v) is 7.29. The molecule has 0 bridgehead atoms. The molecule has 2 aromatic heterocycles. The van der Waals surface area contributed by atoms with Gasteiger partial charge in [0.1, 0.15) is 11.8 Å². The number of hydrogen-bond donors (Lipinski definition) is 0. The highest BCUT2D eigenvalue weighted by Gasteiger charge is 2.12. The van der Waals surface area contributed by atoms with Gasteiger partial charge < -0.3 is 4.74 Å². The van der Waals surface area contributed by atoms with Crippen molar-refractivity contribution in [1.82, 2.24) is 9.38 Å². The van der Waals surface area contributed by atoms with Crippen LogP contribution in [0.25, 0.3) is 32.8 Å². The molecule has 0 aliphatic heterocycles. The molecule has 134 valence electrons. The standard InChI is InChI=1S/C22H13N3O2S/c23-11-12-27-19-10-9-14-5-1-2-6-15(14)16(19)13-20-21(26)25-18-8-4-3-7-17(18)24-22(25)28-20/h1-10,13H,12H2/b20-13+. The quantitative estimate of drug-likeness (QED) is 0.478. The van der Waals surface area contributed by atoms with E-state index in [0.29, 0.717) is 15.2 Å². The first kappa shape index (κ1) is 16.5. The van der Waals surface area contributed by atoms with E-state index in [1.807, 2.05) is 72.8 Å². The van der Waals surface area contributed by atoms with Gasteiger partial charge in [-0.05, 0) is 35.0 Å². The molecular weight excluding hydrogens is 370 g/mol. The number of aromatic nitrogens is 2. The van der Waals surface area contributed by atoms with E-state index in [1.54, 1.807) is 4.40 Å². The molecule has 0 spiro atoms. The van der Waals surface area contributed by atoms with Crippen molar-refractivity contribution in [2.45, 2.75) is 0 Å². The topological polar surface area (TPSA) is 67.4 Å². The van der Waals surface area contributed by atoms with Crippen molar-refractivity contribution in [3.8, 4) is 11.8 Å². The number of hydrogen-bond acceptors (Lipinski definition) is 5. The smallest absolute Gasteiger partial charge is 0.274 e. The second-order valence-electron chi connectivity index (χ2n) is 6.28. The highest BCUT2D eigenvalue weighted by Crippen LogP contribution is 2.29. The molecule has 0 unspecified atom stereocenters. The van der Waals surface area contributed by atoms with Gasteiger partial charge >= 0.3 is 0 Å². The van der Waals surface area contributed by atoms with Gasteiger partial charge in [0.25, 0.3) is 5.56 Å². The predicted molar refractivity (Wildman–Crippen MR) is 111 cm³/mol. The Labute approximate surface area is 163 Å². The molecule has 28 heavy (non-hydrogen) atoms. The third-order valence-electron chi connectivity index (χ3n) is 4.64. The van der Waals surface area contributed by atoms with Gasteiger partial charge in [-0.15, -0.1) is 0 Å². The van der Waals surface area contributed by atoms with Gasteiger partial charge in [-0.3, -0.25) is 4.79 Å². The molecule has 0 saturated heterocycles. The van der Waals surface area contributed by atoms with Gasteiger partial charge in [-0.25, -0.2) is 9.38 Å². The summed E-state index contributed by atoms with van der Waals surface area (Å²) < 4.78 is 7.84. The summed E-state index contributed by atoms with van der Waals surface area (Å²) in [4.78, 5) is 18.3. The summed E-state index contributed by atoms with van der Waals surface area (Å²) in [7, 11) is 0. The zero-order valence-corrected chi connectivity index (χ0v) is 15.4. The predicted octanol–water partition coefficient (Wildman–Crippen LogP) is 3.51. The van der Waals surface area contributed by atoms with E-state index in [0.717, 1.165) is 27.4 Å². The van der Waals surface area contributed by atoms with E-state index >= 15 is 0 Å². The first-order chi connectivity index (χ1) is 13.8. The van der Waals surface area contributed by atoms with Crippen LogP contribution in [0.5, 0.6) is 5.75 Å². The minimum Gasteiger partial charge on any atom is -0.478 e. The Morgan fingerprint density at radius 1 is 1.11 bits per heavy atom. The molecule has 0 saturated carbocycles. The summed E-state index contributed by atoms with van der Waals surface area (Å²) in [6.45, 7) is -0.0538. The number of para-hydroxylation sites is 2. The van der Waals surface area contributed by atoms with Gasteiger partial charge in [0.15, 0.2) is 11.6 Å². The summed E-state index contributed by atoms with van der Waals surface area (Å²) in [5.74, 6) is 0.579. The number of ether oxygens (including phenoxy) is 1. The fourth-order valence-corrected chi connectivity index (χ4v) is 4.37. The Hall–Kier alpha value is -3.69. The fraction of sp³-hybridized carbons (Fsp3) is 0.0455. The van der Waals surface area contributed by atoms with Crippen LogP contribution >= 0.6 is 11.3 Å². The van der Waals surface area contributed by atoms with Crippen LogP contribution in [-0.2, 0) is 0 Å². The maximum atomic E-state index is 13.1. The monoisotopic (exact) mass is 383 g/mol. The maximum absolute atomic E-state index is 13.1. The van der Waals surface area contributed by atoms with Crippen molar-refractivity contribution in [1.29, 1.82) is 5.26 Å². The van der Waals surface area contributed by atoms with E-state index in [9.17, 15) is 4.79 Å². The number of fused-ring (bicyclic) bond motifs is 4. The van der Waals surface area contributed by atoms with Crippen LogP contribution in [0.3, 0.4) is 0 Å². The summed E-state index contributed by atoms with van der Waals surface area (Å²) >= 11 is 1.35. The molecule has 5 aromatic rings. The third kappa shape index (κ3) is 2.53. The van der Waals surface area contributed by atoms with Crippen molar-refractivity contribution in [2.24, 2.45) is 0 Å². The van der Waals surface area contributed by atoms with Gasteiger partial charge in [-0.1, -0.05) is 53.8 Å². The molecule has 0 N–H and O–H groups in total. The van der Waals surface area contributed by atoms with Gasteiger partial charge in [-0.2, -0.15) is 5.26 Å². The molecule has 0 amide bonds. The Balaban J connectivity index is 1.81. The highest BCUT2D eigenvalue weighted by molar-refractivity contribution is 7.15. The Morgan fingerprint density at radius 2 is 1.93 bits per heavy atom. The Morgan fingerprint density at radius 3 is 2.82 bits per heavy atom. The lowest BCUT2D eigenvalue weighted by molar-refractivity contribution is 0.368. The number of nitriles is 1. The normalized spacial score (nSPS) is 12.0. The Kier molecular flexibility index (Phi) is 3.81. The van der Waals surface area contributed by atoms with Crippen LogP contribution < -0.4 is 14.8 Å². The SMILES string of the molecule is N#CCOc1ccc2ccccc2c1/C=c1/sc2nc3ccccc3n2c1=O. The van der Waals surface area contributed by atoms with Crippen LogP contribution in [0.1, 0.15) is 5.56 Å². The van der Waals surface area contributed by atoms with Crippen LogP contribution in [-0.4, -0.2) is 16.0 Å². The van der Waals surface area contributed by atoms with Crippen molar-refractivity contribution < 1.29 is 4.74 Å². The molecule has 0 fully saturated rings. The summed E-state index contributed by atoms with van der Waals surface area (Å²) in [5, 5.41) is 10.9. The molecule has 5 nitrogen and oxygen atoms in total. The number of benzene rings is 3. The molecule has 3 aromatic carbocycles.